The fourth-order valence-electron chi connectivity index (χ4n) is 2.02. The summed E-state index contributed by atoms with van der Waals surface area (Å²) in [5.41, 5.74) is 9.04. The first-order chi connectivity index (χ1) is 9.10. The number of aryl methyl sites for hydroxylation is 1. The molecule has 0 fully saturated rings. The Morgan fingerprint density at radius 1 is 1.32 bits per heavy atom. The molecule has 0 bridgehead atoms. The van der Waals surface area contributed by atoms with Gasteiger partial charge < -0.3 is 10.5 Å². The number of nitrogens with zero attached hydrogens (tertiary/aromatic N) is 1. The monoisotopic (exact) mass is 276 g/mol. The van der Waals surface area contributed by atoms with Gasteiger partial charge in [-0.25, -0.2) is 0 Å². The van der Waals surface area contributed by atoms with Gasteiger partial charge in [0.05, 0.1) is 18.8 Å². The molecule has 0 aliphatic heterocycles. The van der Waals surface area contributed by atoms with Crippen LogP contribution in [-0.4, -0.2) is 12.1 Å². The highest BCUT2D eigenvalue weighted by Gasteiger charge is 2.12. The number of nitrogens with two attached hydrogens (primary N) is 1. The van der Waals surface area contributed by atoms with Gasteiger partial charge in [-0.05, 0) is 49.2 Å². The molecule has 0 aliphatic rings. The Bertz CT molecular complexity index is 572. The summed E-state index contributed by atoms with van der Waals surface area (Å²) in [6.07, 6.45) is 0.639. The van der Waals surface area contributed by atoms with Crippen LogP contribution in [0.25, 0.3) is 0 Å². The molecule has 4 heteroatoms. The molecule has 0 amide bonds. The van der Waals surface area contributed by atoms with Gasteiger partial charge in [-0.2, -0.15) is 0 Å². The molecule has 0 aliphatic carbocycles. The molecule has 0 radical (unpaired) electrons. The fraction of sp³-hybridized carbons (Fsp3) is 0.267. The molecule has 1 aromatic heterocycles. The molecule has 100 valence electrons. The average Bonchev–Trinajstić information content (AvgIpc) is 2.39. The number of hydrogen-bond donors (Lipinski definition) is 1. The topological polar surface area (TPSA) is 48.1 Å². The summed E-state index contributed by atoms with van der Waals surface area (Å²) >= 11 is 6.02. The van der Waals surface area contributed by atoms with Crippen LogP contribution < -0.4 is 10.5 Å². The third-order valence-corrected chi connectivity index (χ3v) is 3.21. The van der Waals surface area contributed by atoms with E-state index in [9.17, 15) is 0 Å². The molecular formula is C15H17ClN2O. The number of aromatic nitrogens is 1. The number of pyridine rings is 1. The summed E-state index contributed by atoms with van der Waals surface area (Å²) in [5.74, 6) is 0.799. The van der Waals surface area contributed by atoms with E-state index in [1.807, 2.05) is 37.3 Å². The summed E-state index contributed by atoms with van der Waals surface area (Å²) in [6.45, 7) is 1.95. The first kappa shape index (κ1) is 13.8. The summed E-state index contributed by atoms with van der Waals surface area (Å²) in [6, 6.07) is 11.2. The number of benzene rings is 1. The molecule has 19 heavy (non-hydrogen) atoms. The number of halogens is 1. The molecule has 1 unspecified atom stereocenters. The zero-order valence-corrected chi connectivity index (χ0v) is 11.8. The van der Waals surface area contributed by atoms with E-state index in [4.69, 9.17) is 22.1 Å². The van der Waals surface area contributed by atoms with Gasteiger partial charge in [0.25, 0.3) is 0 Å². The normalized spacial score (nSPS) is 12.2. The Kier molecular flexibility index (Phi) is 4.40. The predicted molar refractivity (Wildman–Crippen MR) is 77.6 cm³/mol. The summed E-state index contributed by atoms with van der Waals surface area (Å²) < 4.78 is 5.33. The Hall–Kier alpha value is -1.58. The van der Waals surface area contributed by atoms with Crippen LogP contribution in [0.3, 0.4) is 0 Å². The largest absolute Gasteiger partial charge is 0.496 e. The van der Waals surface area contributed by atoms with Gasteiger partial charge in [0.15, 0.2) is 0 Å². The zero-order chi connectivity index (χ0) is 13.8. The lowest BCUT2D eigenvalue weighted by molar-refractivity contribution is 0.408. The van der Waals surface area contributed by atoms with Gasteiger partial charge in [-0.1, -0.05) is 17.7 Å². The van der Waals surface area contributed by atoms with Gasteiger partial charge in [0.2, 0.25) is 0 Å². The van der Waals surface area contributed by atoms with Gasteiger partial charge in [0, 0.05) is 10.7 Å². The van der Waals surface area contributed by atoms with E-state index in [1.54, 1.807) is 13.2 Å². The third kappa shape index (κ3) is 3.46. The number of hydrogen-bond acceptors (Lipinski definition) is 3. The molecule has 3 nitrogen and oxygen atoms in total. The maximum absolute atomic E-state index is 6.21. The van der Waals surface area contributed by atoms with Crippen molar-refractivity contribution in [1.29, 1.82) is 0 Å². The minimum atomic E-state index is -0.174. The number of methoxy groups -OCH3 is 1. The van der Waals surface area contributed by atoms with Crippen LogP contribution in [0.4, 0.5) is 0 Å². The van der Waals surface area contributed by atoms with Gasteiger partial charge in [0.1, 0.15) is 5.75 Å². The molecule has 2 rings (SSSR count). The SMILES string of the molecule is COc1ccc(Cl)cc1CC(N)c1cccc(C)n1. The molecule has 2 aromatic rings. The second kappa shape index (κ2) is 6.04. The first-order valence-corrected chi connectivity index (χ1v) is 6.49. The Morgan fingerprint density at radius 3 is 2.79 bits per heavy atom. The van der Waals surface area contributed by atoms with E-state index in [0.717, 1.165) is 22.7 Å². The summed E-state index contributed by atoms with van der Waals surface area (Å²) in [7, 11) is 1.64. The summed E-state index contributed by atoms with van der Waals surface area (Å²) in [4.78, 5) is 4.45. The van der Waals surface area contributed by atoms with Gasteiger partial charge >= 0.3 is 0 Å². The minimum Gasteiger partial charge on any atom is -0.496 e. The molecular weight excluding hydrogens is 260 g/mol. The van der Waals surface area contributed by atoms with Crippen molar-refractivity contribution in [3.05, 3.63) is 58.4 Å². The third-order valence-electron chi connectivity index (χ3n) is 2.97. The van der Waals surface area contributed by atoms with Crippen LogP contribution in [0.2, 0.25) is 5.02 Å². The maximum atomic E-state index is 6.21. The quantitative estimate of drug-likeness (QED) is 0.932. The standard InChI is InChI=1S/C15H17ClN2O/c1-10-4-3-5-14(18-10)13(17)9-11-8-12(16)6-7-15(11)19-2/h3-8,13H,9,17H2,1-2H3. The van der Waals surface area contributed by atoms with E-state index < -0.39 is 0 Å². The molecule has 0 saturated heterocycles. The molecule has 2 N–H and O–H groups in total. The van der Waals surface area contributed by atoms with Crippen molar-refractivity contribution in [3.63, 3.8) is 0 Å². The molecule has 0 saturated carbocycles. The highest BCUT2D eigenvalue weighted by atomic mass is 35.5. The molecule has 1 atom stereocenters. The van der Waals surface area contributed by atoms with Crippen LogP contribution in [0.15, 0.2) is 36.4 Å². The van der Waals surface area contributed by atoms with E-state index in [-0.39, 0.29) is 6.04 Å². The van der Waals surface area contributed by atoms with Gasteiger partial charge in [-0.15, -0.1) is 0 Å². The second-order valence-corrected chi connectivity index (χ2v) is 4.91. The van der Waals surface area contributed by atoms with E-state index in [0.29, 0.717) is 11.4 Å². The van der Waals surface area contributed by atoms with Crippen LogP contribution in [0.5, 0.6) is 5.75 Å². The Morgan fingerprint density at radius 2 is 2.11 bits per heavy atom. The highest BCUT2D eigenvalue weighted by Crippen LogP contribution is 2.26. The van der Waals surface area contributed by atoms with Crippen LogP contribution in [0, 0.1) is 6.92 Å². The van der Waals surface area contributed by atoms with Crippen LogP contribution in [-0.2, 0) is 6.42 Å². The van der Waals surface area contributed by atoms with E-state index in [2.05, 4.69) is 4.98 Å². The number of rotatable bonds is 4. The lowest BCUT2D eigenvalue weighted by Gasteiger charge is -2.14. The van der Waals surface area contributed by atoms with Crippen molar-refractivity contribution >= 4 is 11.6 Å². The maximum Gasteiger partial charge on any atom is 0.122 e. The average molecular weight is 277 g/mol. The van der Waals surface area contributed by atoms with Crippen molar-refractivity contribution < 1.29 is 4.74 Å². The first-order valence-electron chi connectivity index (χ1n) is 6.11. The highest BCUT2D eigenvalue weighted by molar-refractivity contribution is 6.30. The molecule has 0 spiro atoms. The lowest BCUT2D eigenvalue weighted by atomic mass is 10.0. The Labute approximate surface area is 118 Å². The van der Waals surface area contributed by atoms with Crippen LogP contribution in [0.1, 0.15) is 23.0 Å². The van der Waals surface area contributed by atoms with Crippen molar-refractivity contribution in [2.75, 3.05) is 7.11 Å². The van der Waals surface area contributed by atoms with E-state index in [1.165, 1.54) is 0 Å². The smallest absolute Gasteiger partial charge is 0.122 e. The van der Waals surface area contributed by atoms with Gasteiger partial charge in [-0.3, -0.25) is 4.98 Å². The zero-order valence-electron chi connectivity index (χ0n) is 11.1. The van der Waals surface area contributed by atoms with Crippen molar-refractivity contribution in [3.8, 4) is 5.75 Å². The fourth-order valence-corrected chi connectivity index (χ4v) is 2.21. The summed E-state index contributed by atoms with van der Waals surface area (Å²) in [5, 5.41) is 0.681. The van der Waals surface area contributed by atoms with Crippen molar-refractivity contribution in [2.24, 2.45) is 5.73 Å². The second-order valence-electron chi connectivity index (χ2n) is 4.47. The Balaban J connectivity index is 2.23. The van der Waals surface area contributed by atoms with E-state index >= 15 is 0 Å². The van der Waals surface area contributed by atoms with Crippen molar-refractivity contribution in [1.82, 2.24) is 4.98 Å². The molecule has 1 heterocycles. The minimum absolute atomic E-state index is 0.174. The number of ether oxygens (including phenoxy) is 1. The molecule has 1 aromatic carbocycles. The predicted octanol–water partition coefficient (Wildman–Crippen LogP) is 3.29. The lowest BCUT2D eigenvalue weighted by Crippen LogP contribution is -2.15. The van der Waals surface area contributed by atoms with Crippen LogP contribution >= 0.6 is 11.6 Å². The van der Waals surface area contributed by atoms with Crippen molar-refractivity contribution in [2.45, 2.75) is 19.4 Å².